The number of carbonyl (C=O) groups excluding carboxylic acids is 1. The number of rotatable bonds is 4. The number of nitrogen functional groups attached to an aromatic ring is 1. The Labute approximate surface area is 202 Å². The molecule has 1 aliphatic rings. The number of aryl methyl sites for hydroxylation is 1. The van der Waals surface area contributed by atoms with Crippen molar-refractivity contribution in [3.05, 3.63) is 89.6 Å². The molecule has 6 nitrogen and oxygen atoms in total. The van der Waals surface area contributed by atoms with E-state index in [2.05, 4.69) is 21.4 Å². The maximum Gasteiger partial charge on any atom is 0.257 e. The first-order chi connectivity index (χ1) is 17.0. The van der Waals surface area contributed by atoms with Crippen LogP contribution >= 0.6 is 0 Å². The van der Waals surface area contributed by atoms with E-state index in [1.165, 1.54) is 6.20 Å². The molecule has 172 valence electrons. The second-order valence-corrected chi connectivity index (χ2v) is 8.67. The van der Waals surface area contributed by atoms with Crippen LogP contribution in [-0.4, -0.2) is 15.9 Å². The molecule has 0 saturated heterocycles. The van der Waals surface area contributed by atoms with Crippen molar-refractivity contribution in [1.82, 2.24) is 9.97 Å². The van der Waals surface area contributed by atoms with E-state index in [-0.39, 0.29) is 17.5 Å². The van der Waals surface area contributed by atoms with Crippen LogP contribution in [-0.2, 0) is 4.79 Å². The number of nitrogens with two attached hydrogens (primary N) is 1. The summed E-state index contributed by atoms with van der Waals surface area (Å²) in [5.41, 5.74) is 10.3. The molecule has 0 spiro atoms. The second kappa shape index (κ2) is 8.99. The maximum atomic E-state index is 15.1. The van der Waals surface area contributed by atoms with Crippen molar-refractivity contribution in [2.75, 3.05) is 11.1 Å². The Morgan fingerprint density at radius 2 is 1.91 bits per heavy atom. The van der Waals surface area contributed by atoms with Gasteiger partial charge >= 0.3 is 0 Å². The minimum absolute atomic E-state index is 0.00441. The Kier molecular flexibility index (Phi) is 5.71. The molecule has 3 N–H and O–H groups in total. The number of carbonyl (C=O) groups is 1. The molecule has 0 unspecified atom stereocenters. The van der Waals surface area contributed by atoms with E-state index in [0.29, 0.717) is 46.1 Å². The summed E-state index contributed by atoms with van der Waals surface area (Å²) in [6.07, 6.45) is 5.87. The number of nitriles is 1. The molecule has 1 amide bonds. The molecule has 2 aromatic heterocycles. The average Bonchev–Trinajstić information content (AvgIpc) is 2.84. The van der Waals surface area contributed by atoms with Crippen molar-refractivity contribution in [2.24, 2.45) is 5.92 Å². The van der Waals surface area contributed by atoms with Crippen molar-refractivity contribution in [3.8, 4) is 17.2 Å². The van der Waals surface area contributed by atoms with Gasteiger partial charge in [-0.25, -0.2) is 9.37 Å². The molecular formula is C28H22FN5O. The topological polar surface area (TPSA) is 105 Å². The first-order valence-electron chi connectivity index (χ1n) is 11.2. The minimum Gasteiger partial charge on any atom is -0.396 e. The van der Waals surface area contributed by atoms with Gasteiger partial charge in [-0.3, -0.25) is 9.78 Å². The summed E-state index contributed by atoms with van der Waals surface area (Å²) in [5.74, 6) is -0.566. The summed E-state index contributed by atoms with van der Waals surface area (Å²) in [5, 5.41) is 13.2. The first kappa shape index (κ1) is 22.2. The van der Waals surface area contributed by atoms with Gasteiger partial charge in [0, 0.05) is 40.7 Å². The molecule has 1 saturated carbocycles. The van der Waals surface area contributed by atoms with Crippen LogP contribution in [0.15, 0.2) is 72.7 Å². The standard InChI is InChI=1S/C28H22FN5O/c1-16-7-8-32-14-22(16)21-11-19-12-24(33-15-23(19)27(31)26(21)29)34-28(35)25(18-5-3-2-4-6-18)20-9-17(10-20)13-30/h2-8,11-12,14-15,17H,9-10,31H2,1H3,(H,33,34,35). The van der Waals surface area contributed by atoms with Gasteiger partial charge in [-0.2, -0.15) is 5.26 Å². The van der Waals surface area contributed by atoms with E-state index < -0.39 is 5.82 Å². The van der Waals surface area contributed by atoms with Crippen LogP contribution in [0.4, 0.5) is 15.9 Å². The number of nitrogens with zero attached hydrogens (tertiary/aromatic N) is 3. The maximum absolute atomic E-state index is 15.1. The highest BCUT2D eigenvalue weighted by molar-refractivity contribution is 6.26. The van der Waals surface area contributed by atoms with Gasteiger partial charge in [0.1, 0.15) is 5.82 Å². The molecule has 35 heavy (non-hydrogen) atoms. The molecule has 1 fully saturated rings. The SMILES string of the molecule is Cc1ccncc1-c1cc2cc(NC(=O)C(=C3CC(C#N)C3)c3ccccc3)ncc2c(N)c1F. The summed E-state index contributed by atoms with van der Waals surface area (Å²) in [6, 6.07) is 16.8. The molecule has 0 aliphatic heterocycles. The molecule has 2 aromatic carbocycles. The van der Waals surface area contributed by atoms with Crippen LogP contribution < -0.4 is 11.1 Å². The fourth-order valence-corrected chi connectivity index (χ4v) is 4.42. The first-order valence-corrected chi connectivity index (χ1v) is 11.2. The van der Waals surface area contributed by atoms with Gasteiger partial charge < -0.3 is 11.1 Å². The predicted octanol–water partition coefficient (Wildman–Crippen LogP) is 5.65. The van der Waals surface area contributed by atoms with Crippen LogP contribution in [0.2, 0.25) is 0 Å². The lowest BCUT2D eigenvalue weighted by atomic mass is 9.77. The fourth-order valence-electron chi connectivity index (χ4n) is 4.42. The van der Waals surface area contributed by atoms with Crippen molar-refractivity contribution in [3.63, 3.8) is 0 Å². The van der Waals surface area contributed by atoms with Gasteiger partial charge in [0.05, 0.1) is 17.7 Å². The molecule has 0 radical (unpaired) electrons. The molecule has 5 rings (SSSR count). The molecule has 7 heteroatoms. The summed E-state index contributed by atoms with van der Waals surface area (Å²) in [6.45, 7) is 1.88. The number of pyridine rings is 2. The number of benzene rings is 2. The third-order valence-electron chi connectivity index (χ3n) is 6.38. The summed E-state index contributed by atoms with van der Waals surface area (Å²) in [4.78, 5) is 21.8. The number of hydrogen-bond donors (Lipinski definition) is 2. The largest absolute Gasteiger partial charge is 0.396 e. The molecular weight excluding hydrogens is 441 g/mol. The van der Waals surface area contributed by atoms with Crippen molar-refractivity contribution in [2.45, 2.75) is 19.8 Å². The number of hydrogen-bond acceptors (Lipinski definition) is 5. The van der Waals surface area contributed by atoms with E-state index in [0.717, 1.165) is 16.7 Å². The van der Waals surface area contributed by atoms with Crippen LogP contribution in [0, 0.1) is 30.0 Å². The minimum atomic E-state index is -0.527. The van der Waals surface area contributed by atoms with Crippen LogP contribution in [0.5, 0.6) is 0 Å². The zero-order valence-electron chi connectivity index (χ0n) is 19.0. The summed E-state index contributed by atoms with van der Waals surface area (Å²) < 4.78 is 15.1. The third kappa shape index (κ3) is 4.11. The lowest BCUT2D eigenvalue weighted by Crippen LogP contribution is -2.22. The van der Waals surface area contributed by atoms with E-state index >= 15 is 4.39 Å². The highest BCUT2D eigenvalue weighted by atomic mass is 19.1. The number of nitrogens with one attached hydrogen (secondary N) is 1. The molecule has 0 atom stereocenters. The Balaban J connectivity index is 1.53. The van der Waals surface area contributed by atoms with E-state index in [4.69, 9.17) is 5.73 Å². The van der Waals surface area contributed by atoms with E-state index in [1.807, 2.05) is 43.3 Å². The van der Waals surface area contributed by atoms with Crippen molar-refractivity contribution >= 4 is 33.8 Å². The van der Waals surface area contributed by atoms with Gasteiger partial charge in [0.15, 0.2) is 5.82 Å². The second-order valence-electron chi connectivity index (χ2n) is 8.67. The number of fused-ring (bicyclic) bond motifs is 1. The van der Waals surface area contributed by atoms with Crippen LogP contribution in [0.1, 0.15) is 24.0 Å². The lowest BCUT2D eigenvalue weighted by molar-refractivity contribution is -0.111. The zero-order valence-corrected chi connectivity index (χ0v) is 19.0. The lowest BCUT2D eigenvalue weighted by Gasteiger charge is -2.26. The highest BCUT2D eigenvalue weighted by Gasteiger charge is 2.29. The quantitative estimate of drug-likeness (QED) is 0.300. The molecule has 1 aliphatic carbocycles. The van der Waals surface area contributed by atoms with Gasteiger partial charge in [0.25, 0.3) is 5.91 Å². The monoisotopic (exact) mass is 463 g/mol. The van der Waals surface area contributed by atoms with Gasteiger partial charge in [-0.1, -0.05) is 35.9 Å². The molecule has 0 bridgehead atoms. The average molecular weight is 464 g/mol. The van der Waals surface area contributed by atoms with E-state index in [1.54, 1.807) is 24.5 Å². The normalized spacial score (nSPS) is 14.8. The van der Waals surface area contributed by atoms with Crippen LogP contribution in [0.25, 0.3) is 27.5 Å². The Bertz CT molecular complexity index is 1530. The van der Waals surface area contributed by atoms with Crippen molar-refractivity contribution in [1.29, 1.82) is 5.26 Å². The third-order valence-corrected chi connectivity index (χ3v) is 6.38. The highest BCUT2D eigenvalue weighted by Crippen LogP contribution is 2.39. The zero-order chi connectivity index (χ0) is 24.5. The van der Waals surface area contributed by atoms with Crippen molar-refractivity contribution < 1.29 is 9.18 Å². The number of aromatic nitrogens is 2. The van der Waals surface area contributed by atoms with E-state index in [9.17, 15) is 10.1 Å². The Morgan fingerprint density at radius 3 is 2.63 bits per heavy atom. The summed E-state index contributed by atoms with van der Waals surface area (Å²) in [7, 11) is 0. The number of amides is 1. The van der Waals surface area contributed by atoms with Crippen LogP contribution in [0.3, 0.4) is 0 Å². The van der Waals surface area contributed by atoms with Gasteiger partial charge in [-0.05, 0) is 54.5 Å². The smallest absolute Gasteiger partial charge is 0.257 e. The Hall–Kier alpha value is -4.57. The summed E-state index contributed by atoms with van der Waals surface area (Å²) >= 11 is 0. The van der Waals surface area contributed by atoms with Gasteiger partial charge in [-0.15, -0.1) is 0 Å². The molecule has 2 heterocycles. The Morgan fingerprint density at radius 1 is 1.14 bits per heavy atom. The fraction of sp³-hybridized carbons (Fsp3) is 0.143. The van der Waals surface area contributed by atoms with Gasteiger partial charge in [0.2, 0.25) is 0 Å². The number of halogens is 1. The number of allylic oxidation sites excluding steroid dienone is 1. The number of anilines is 2. The molecule has 4 aromatic rings. The predicted molar refractivity (Wildman–Crippen MR) is 134 cm³/mol.